The Hall–Kier alpha value is -1.62. The molecule has 0 aliphatic heterocycles. The van der Waals surface area contributed by atoms with Crippen molar-refractivity contribution in [2.24, 2.45) is 7.05 Å². The number of aryl methyl sites for hydroxylation is 1. The largest absolute Gasteiger partial charge is 0.378 e. The van der Waals surface area contributed by atoms with Crippen LogP contribution in [0.5, 0.6) is 0 Å². The van der Waals surface area contributed by atoms with Gasteiger partial charge in [0.1, 0.15) is 5.52 Å². The monoisotopic (exact) mass is 246 g/mol. The minimum absolute atomic E-state index is 0.412. The van der Waals surface area contributed by atoms with Gasteiger partial charge in [-0.1, -0.05) is 0 Å². The lowest BCUT2D eigenvalue weighted by Gasteiger charge is -2.35. The zero-order valence-corrected chi connectivity index (χ0v) is 10.8. The summed E-state index contributed by atoms with van der Waals surface area (Å²) >= 11 is 0. The summed E-state index contributed by atoms with van der Waals surface area (Å²) < 4.78 is 7.56. The second-order valence-corrected chi connectivity index (χ2v) is 4.77. The van der Waals surface area contributed by atoms with E-state index in [2.05, 4.69) is 15.3 Å². The molecule has 3 rings (SSSR count). The summed E-state index contributed by atoms with van der Waals surface area (Å²) in [6.07, 6.45) is 6.17. The quantitative estimate of drug-likeness (QED) is 0.895. The zero-order valence-electron chi connectivity index (χ0n) is 10.8. The van der Waals surface area contributed by atoms with Gasteiger partial charge in [-0.05, 0) is 25.8 Å². The Morgan fingerprint density at radius 1 is 1.44 bits per heavy atom. The predicted molar refractivity (Wildman–Crippen MR) is 70.6 cm³/mol. The van der Waals surface area contributed by atoms with E-state index < -0.39 is 0 Å². The molecule has 1 fully saturated rings. The van der Waals surface area contributed by atoms with Crippen molar-refractivity contribution in [3.05, 3.63) is 18.6 Å². The van der Waals surface area contributed by atoms with E-state index in [-0.39, 0.29) is 0 Å². The van der Waals surface area contributed by atoms with E-state index in [0.717, 1.165) is 36.3 Å². The maximum Gasteiger partial charge on any atom is 0.154 e. The van der Waals surface area contributed by atoms with Crippen molar-refractivity contribution >= 4 is 16.9 Å². The molecule has 0 unspecified atom stereocenters. The maximum atomic E-state index is 5.56. The molecule has 0 spiro atoms. The molecule has 0 atom stereocenters. The van der Waals surface area contributed by atoms with Gasteiger partial charge in [0.15, 0.2) is 5.82 Å². The molecule has 0 amide bonds. The van der Waals surface area contributed by atoms with Crippen molar-refractivity contribution in [2.75, 3.05) is 11.9 Å². The van der Waals surface area contributed by atoms with Crippen molar-refractivity contribution in [1.82, 2.24) is 14.5 Å². The van der Waals surface area contributed by atoms with Gasteiger partial charge in [-0.25, -0.2) is 9.97 Å². The Morgan fingerprint density at radius 3 is 3.06 bits per heavy atom. The summed E-state index contributed by atoms with van der Waals surface area (Å²) in [6, 6.07) is 2.44. The molecule has 1 aliphatic carbocycles. The lowest BCUT2D eigenvalue weighted by Crippen LogP contribution is -2.41. The van der Waals surface area contributed by atoms with Crippen LogP contribution < -0.4 is 5.32 Å². The molecule has 2 aromatic rings. The normalized spacial score (nSPS) is 23.0. The molecule has 0 saturated heterocycles. The van der Waals surface area contributed by atoms with E-state index in [1.54, 1.807) is 0 Å². The standard InChI is InChI=1S/C13H18N4O/c1-3-18-10-6-9(7-10)16-13-12-11(4-5-14-13)17(2)8-15-12/h4-5,8-10H,3,6-7H2,1-2H3,(H,14,16). The number of hydrogen-bond donors (Lipinski definition) is 1. The Bertz CT molecular complexity index is 545. The molecule has 1 N–H and O–H groups in total. The van der Waals surface area contributed by atoms with Crippen LogP contribution in [0.3, 0.4) is 0 Å². The Kier molecular flexibility index (Phi) is 2.91. The highest BCUT2D eigenvalue weighted by Gasteiger charge is 2.30. The molecular weight excluding hydrogens is 228 g/mol. The number of hydrogen-bond acceptors (Lipinski definition) is 4. The highest BCUT2D eigenvalue weighted by Crippen LogP contribution is 2.28. The van der Waals surface area contributed by atoms with Crippen LogP contribution in [0.2, 0.25) is 0 Å². The third-order valence-corrected chi connectivity index (χ3v) is 3.48. The average Bonchev–Trinajstić information content (AvgIpc) is 2.70. The lowest BCUT2D eigenvalue weighted by atomic mass is 9.89. The van der Waals surface area contributed by atoms with Gasteiger partial charge in [0.2, 0.25) is 0 Å². The Balaban J connectivity index is 1.72. The lowest BCUT2D eigenvalue weighted by molar-refractivity contribution is 0.00295. The first-order chi connectivity index (χ1) is 8.78. The summed E-state index contributed by atoms with van der Waals surface area (Å²) in [4.78, 5) is 8.78. The van der Waals surface area contributed by atoms with Gasteiger partial charge < -0.3 is 14.6 Å². The molecule has 2 aromatic heterocycles. The van der Waals surface area contributed by atoms with Crippen molar-refractivity contribution in [3.8, 4) is 0 Å². The van der Waals surface area contributed by atoms with Crippen LogP contribution in [-0.4, -0.2) is 33.3 Å². The predicted octanol–water partition coefficient (Wildman–Crippen LogP) is 1.95. The molecule has 18 heavy (non-hydrogen) atoms. The minimum atomic E-state index is 0.412. The third-order valence-electron chi connectivity index (χ3n) is 3.48. The van der Waals surface area contributed by atoms with Gasteiger partial charge in [-0.2, -0.15) is 0 Å². The smallest absolute Gasteiger partial charge is 0.154 e. The molecule has 0 aromatic carbocycles. The highest BCUT2D eigenvalue weighted by atomic mass is 16.5. The fourth-order valence-corrected chi connectivity index (χ4v) is 2.42. The Morgan fingerprint density at radius 2 is 2.28 bits per heavy atom. The van der Waals surface area contributed by atoms with Crippen LogP contribution >= 0.6 is 0 Å². The van der Waals surface area contributed by atoms with Crippen LogP contribution in [-0.2, 0) is 11.8 Å². The summed E-state index contributed by atoms with van der Waals surface area (Å²) in [5.74, 6) is 0.882. The van der Waals surface area contributed by atoms with Gasteiger partial charge in [0, 0.05) is 25.9 Å². The van der Waals surface area contributed by atoms with Gasteiger partial charge in [0.25, 0.3) is 0 Å². The van der Waals surface area contributed by atoms with E-state index in [9.17, 15) is 0 Å². The van der Waals surface area contributed by atoms with Crippen molar-refractivity contribution in [1.29, 1.82) is 0 Å². The number of anilines is 1. The van der Waals surface area contributed by atoms with Crippen LogP contribution in [0, 0.1) is 0 Å². The van der Waals surface area contributed by atoms with E-state index in [4.69, 9.17) is 4.74 Å². The molecule has 2 heterocycles. The zero-order chi connectivity index (χ0) is 12.5. The molecule has 5 nitrogen and oxygen atoms in total. The number of aromatic nitrogens is 3. The van der Waals surface area contributed by atoms with Crippen LogP contribution in [0.4, 0.5) is 5.82 Å². The molecule has 5 heteroatoms. The van der Waals surface area contributed by atoms with Gasteiger partial charge in [-0.3, -0.25) is 0 Å². The summed E-state index contributed by atoms with van der Waals surface area (Å²) in [6.45, 7) is 2.84. The topological polar surface area (TPSA) is 52.0 Å². The van der Waals surface area contributed by atoms with Crippen LogP contribution in [0.25, 0.3) is 11.0 Å². The summed E-state index contributed by atoms with van der Waals surface area (Å²) in [7, 11) is 1.99. The second-order valence-electron chi connectivity index (χ2n) is 4.77. The number of fused-ring (bicyclic) bond motifs is 1. The molecule has 0 radical (unpaired) electrons. The SMILES string of the molecule is CCOC1CC(Nc2nccc3c2ncn3C)C1. The van der Waals surface area contributed by atoms with E-state index in [1.807, 2.05) is 37.1 Å². The molecule has 1 aliphatic rings. The number of nitrogens with zero attached hydrogens (tertiary/aromatic N) is 3. The first kappa shape index (κ1) is 11.5. The average molecular weight is 246 g/mol. The van der Waals surface area contributed by atoms with Gasteiger partial charge in [0.05, 0.1) is 17.9 Å². The third kappa shape index (κ3) is 1.95. The molecule has 0 bridgehead atoms. The van der Waals surface area contributed by atoms with Gasteiger partial charge in [-0.15, -0.1) is 0 Å². The molecular formula is C13H18N4O. The first-order valence-corrected chi connectivity index (χ1v) is 6.42. The Labute approximate surface area is 106 Å². The molecule has 1 saturated carbocycles. The van der Waals surface area contributed by atoms with Crippen molar-refractivity contribution in [3.63, 3.8) is 0 Å². The van der Waals surface area contributed by atoms with E-state index in [1.165, 1.54) is 0 Å². The van der Waals surface area contributed by atoms with Crippen LogP contribution in [0.1, 0.15) is 19.8 Å². The summed E-state index contributed by atoms with van der Waals surface area (Å²) in [5, 5.41) is 3.46. The first-order valence-electron chi connectivity index (χ1n) is 6.42. The fraction of sp³-hybridized carbons (Fsp3) is 0.538. The number of imidazole rings is 1. The van der Waals surface area contributed by atoms with Crippen molar-refractivity contribution < 1.29 is 4.74 Å². The molecule has 96 valence electrons. The number of pyridine rings is 1. The number of nitrogens with one attached hydrogen (secondary N) is 1. The highest BCUT2D eigenvalue weighted by molar-refractivity contribution is 5.85. The van der Waals surface area contributed by atoms with Crippen molar-refractivity contribution in [2.45, 2.75) is 31.9 Å². The van der Waals surface area contributed by atoms with Crippen LogP contribution in [0.15, 0.2) is 18.6 Å². The van der Waals surface area contributed by atoms with E-state index in [0.29, 0.717) is 12.1 Å². The van der Waals surface area contributed by atoms with Gasteiger partial charge >= 0.3 is 0 Å². The second kappa shape index (κ2) is 4.57. The fourth-order valence-electron chi connectivity index (χ4n) is 2.42. The van der Waals surface area contributed by atoms with E-state index >= 15 is 0 Å². The number of ether oxygens (including phenoxy) is 1. The number of rotatable bonds is 4. The minimum Gasteiger partial charge on any atom is -0.378 e. The summed E-state index contributed by atoms with van der Waals surface area (Å²) in [5.41, 5.74) is 2.05. The maximum absolute atomic E-state index is 5.56.